The highest BCUT2D eigenvalue weighted by atomic mass is 35.5. The van der Waals surface area contributed by atoms with E-state index in [4.69, 9.17) is 11.6 Å². The van der Waals surface area contributed by atoms with Gasteiger partial charge in [-0.25, -0.2) is 4.39 Å². The number of aromatic amines is 1. The Morgan fingerprint density at radius 3 is 2.57 bits per heavy atom. The quantitative estimate of drug-likeness (QED) is 0.249. The second kappa shape index (κ2) is 9.03. The molecule has 35 heavy (non-hydrogen) atoms. The molecule has 8 nitrogen and oxygen atoms in total. The van der Waals surface area contributed by atoms with Crippen molar-refractivity contribution >= 4 is 51.3 Å². The summed E-state index contributed by atoms with van der Waals surface area (Å²) in [6, 6.07) is 17.6. The van der Waals surface area contributed by atoms with Crippen molar-refractivity contribution in [3.8, 4) is 0 Å². The Bertz CT molecular complexity index is 1660. The molecule has 174 valence electrons. The van der Waals surface area contributed by atoms with Crippen LogP contribution in [0.1, 0.15) is 15.9 Å². The number of nitrogens with zero attached hydrogens (tertiary/aromatic N) is 1. The molecule has 0 radical (unpaired) electrons. The molecule has 0 aliphatic carbocycles. The summed E-state index contributed by atoms with van der Waals surface area (Å²) in [4.78, 5) is 36.9. The van der Waals surface area contributed by atoms with Crippen LogP contribution < -0.4 is 26.8 Å². The number of hydrogen-bond donors (Lipinski definition) is 4. The lowest BCUT2D eigenvalue weighted by Crippen LogP contribution is -2.36. The fourth-order valence-electron chi connectivity index (χ4n) is 3.66. The van der Waals surface area contributed by atoms with E-state index in [0.717, 1.165) is 0 Å². The van der Waals surface area contributed by atoms with Crippen LogP contribution in [0.4, 0.5) is 27.3 Å². The number of aromatic nitrogens is 2. The number of anilines is 4. The molecule has 0 saturated carbocycles. The Morgan fingerprint density at radius 2 is 1.77 bits per heavy atom. The molecule has 0 atom stereocenters. The number of nitrogens with one attached hydrogen (secondary N) is 4. The van der Waals surface area contributed by atoms with Gasteiger partial charge in [-0.1, -0.05) is 29.8 Å². The first kappa shape index (κ1) is 22.3. The highest BCUT2D eigenvalue weighted by molar-refractivity contribution is 6.31. The van der Waals surface area contributed by atoms with E-state index in [-0.39, 0.29) is 29.6 Å². The van der Waals surface area contributed by atoms with Crippen LogP contribution in [0.15, 0.2) is 76.3 Å². The molecule has 0 aliphatic rings. The molecule has 4 N–H and O–H groups in total. The Hall–Kier alpha value is -4.50. The molecule has 0 unspecified atom stereocenters. The molecule has 10 heteroatoms. The summed E-state index contributed by atoms with van der Waals surface area (Å²) in [5.74, 6) is -0.479. The molecular weight excluding hydrogens is 473 g/mol. The number of fused-ring (bicyclic) bond motifs is 1. The van der Waals surface area contributed by atoms with Gasteiger partial charge in [0.2, 0.25) is 0 Å². The maximum atomic E-state index is 13.4. The monoisotopic (exact) mass is 489 g/mol. The Morgan fingerprint density at radius 1 is 0.971 bits per heavy atom. The van der Waals surface area contributed by atoms with Crippen molar-refractivity contribution in [2.45, 2.75) is 6.54 Å². The van der Waals surface area contributed by atoms with Gasteiger partial charge in [-0.2, -0.15) is 5.10 Å². The number of carbonyl (C=O) groups excluding carboxylic acids is 1. The number of amides is 1. The lowest BCUT2D eigenvalue weighted by atomic mass is 10.1. The minimum atomic E-state index is -0.659. The molecule has 1 heterocycles. The first-order valence-electron chi connectivity index (χ1n) is 10.5. The van der Waals surface area contributed by atoms with Gasteiger partial charge >= 0.3 is 0 Å². The second-order valence-corrected chi connectivity index (χ2v) is 8.25. The summed E-state index contributed by atoms with van der Waals surface area (Å²) in [6.07, 6.45) is 0. The summed E-state index contributed by atoms with van der Waals surface area (Å²) in [5.41, 5.74) is 1.10. The molecule has 1 amide bonds. The van der Waals surface area contributed by atoms with Crippen LogP contribution in [-0.2, 0) is 6.54 Å². The summed E-state index contributed by atoms with van der Waals surface area (Å²) >= 11 is 5.96. The van der Waals surface area contributed by atoms with Crippen LogP contribution >= 0.6 is 11.6 Å². The SMILES string of the molecule is O=C(Nc1n[nH]c2ccc(Nc3c(NCc4cccc(F)c4)c(=O)c3=O)cc12)c1cccc(Cl)c1. The predicted octanol–water partition coefficient (Wildman–Crippen LogP) is 4.56. The van der Waals surface area contributed by atoms with E-state index < -0.39 is 10.9 Å². The Labute approximate surface area is 202 Å². The molecule has 0 bridgehead atoms. The first-order valence-corrected chi connectivity index (χ1v) is 10.9. The number of benzene rings is 3. The molecule has 5 aromatic rings. The fraction of sp³-hybridized carbons (Fsp3) is 0.0400. The van der Waals surface area contributed by atoms with Crippen LogP contribution in [0.5, 0.6) is 0 Å². The van der Waals surface area contributed by atoms with Gasteiger partial charge in [0, 0.05) is 28.2 Å². The van der Waals surface area contributed by atoms with Gasteiger partial charge in [0.15, 0.2) is 5.82 Å². The predicted molar refractivity (Wildman–Crippen MR) is 134 cm³/mol. The van der Waals surface area contributed by atoms with Crippen molar-refractivity contribution in [1.29, 1.82) is 0 Å². The lowest BCUT2D eigenvalue weighted by Gasteiger charge is -2.15. The van der Waals surface area contributed by atoms with Crippen LogP contribution in [0.25, 0.3) is 10.9 Å². The highest BCUT2D eigenvalue weighted by Gasteiger charge is 2.21. The topological polar surface area (TPSA) is 116 Å². The fourth-order valence-corrected chi connectivity index (χ4v) is 3.85. The third-order valence-electron chi connectivity index (χ3n) is 5.42. The van der Waals surface area contributed by atoms with Crippen molar-refractivity contribution in [2.75, 3.05) is 16.0 Å². The Kier molecular flexibility index (Phi) is 5.76. The summed E-state index contributed by atoms with van der Waals surface area (Å²) < 4.78 is 13.4. The normalized spacial score (nSPS) is 11.0. The molecular formula is C25H17ClFN5O3. The minimum absolute atomic E-state index is 0.110. The molecule has 0 fully saturated rings. The number of H-pyrrole nitrogens is 1. The van der Waals surface area contributed by atoms with Gasteiger partial charge in [-0.15, -0.1) is 0 Å². The highest BCUT2D eigenvalue weighted by Crippen LogP contribution is 2.28. The third kappa shape index (κ3) is 4.49. The van der Waals surface area contributed by atoms with E-state index in [1.54, 1.807) is 54.6 Å². The van der Waals surface area contributed by atoms with Crippen LogP contribution in [0, 0.1) is 5.82 Å². The maximum absolute atomic E-state index is 13.4. The van der Waals surface area contributed by atoms with Crippen LogP contribution in [0.2, 0.25) is 5.02 Å². The minimum Gasteiger partial charge on any atom is -0.376 e. The summed E-state index contributed by atoms with van der Waals surface area (Å²) in [6.45, 7) is 0.178. The van der Waals surface area contributed by atoms with Crippen molar-refractivity contribution in [1.82, 2.24) is 10.2 Å². The lowest BCUT2D eigenvalue weighted by molar-refractivity contribution is 0.102. The van der Waals surface area contributed by atoms with E-state index in [0.29, 0.717) is 38.6 Å². The van der Waals surface area contributed by atoms with Crippen molar-refractivity contribution in [3.63, 3.8) is 0 Å². The average Bonchev–Trinajstić information content (AvgIpc) is 3.25. The van der Waals surface area contributed by atoms with Gasteiger partial charge in [0.05, 0.1) is 5.52 Å². The number of carbonyl (C=O) groups is 1. The molecule has 0 saturated heterocycles. The zero-order valence-corrected chi connectivity index (χ0v) is 18.7. The average molecular weight is 490 g/mol. The smallest absolute Gasteiger partial charge is 0.256 e. The molecule has 0 aliphatic heterocycles. The molecule has 5 rings (SSSR count). The standard InChI is InChI=1S/C25H17ClFN5O3/c26-15-5-2-4-14(10-15)25(35)30-24-18-11-17(7-8-19(18)31-32-24)29-21-20(22(33)23(21)34)28-12-13-3-1-6-16(27)9-13/h1-11,28-29H,12H2,(H2,30,31,32,35). The van der Waals surface area contributed by atoms with Crippen molar-refractivity contribution < 1.29 is 9.18 Å². The van der Waals surface area contributed by atoms with Gasteiger partial charge in [-0.3, -0.25) is 19.5 Å². The molecule has 0 spiro atoms. The van der Waals surface area contributed by atoms with Crippen LogP contribution in [0.3, 0.4) is 0 Å². The maximum Gasteiger partial charge on any atom is 0.256 e. The second-order valence-electron chi connectivity index (χ2n) is 7.81. The van der Waals surface area contributed by atoms with E-state index in [1.807, 2.05) is 0 Å². The van der Waals surface area contributed by atoms with Gasteiger partial charge in [0.25, 0.3) is 16.8 Å². The van der Waals surface area contributed by atoms with E-state index in [2.05, 4.69) is 26.1 Å². The van der Waals surface area contributed by atoms with Crippen LogP contribution in [-0.4, -0.2) is 16.1 Å². The zero-order valence-electron chi connectivity index (χ0n) is 18.0. The summed E-state index contributed by atoms with van der Waals surface area (Å²) in [5, 5.41) is 16.6. The first-order chi connectivity index (χ1) is 16.9. The van der Waals surface area contributed by atoms with E-state index >= 15 is 0 Å². The number of rotatable bonds is 7. The zero-order chi connectivity index (χ0) is 24.5. The molecule has 1 aromatic heterocycles. The van der Waals surface area contributed by atoms with Gasteiger partial charge in [-0.05, 0) is 54.1 Å². The van der Waals surface area contributed by atoms with Gasteiger partial charge in [0.1, 0.15) is 17.2 Å². The molecule has 4 aromatic carbocycles. The number of hydrogen-bond acceptors (Lipinski definition) is 6. The largest absolute Gasteiger partial charge is 0.376 e. The van der Waals surface area contributed by atoms with Crippen molar-refractivity contribution in [3.05, 3.63) is 109 Å². The van der Waals surface area contributed by atoms with E-state index in [9.17, 15) is 18.8 Å². The van der Waals surface area contributed by atoms with Gasteiger partial charge < -0.3 is 16.0 Å². The third-order valence-corrected chi connectivity index (χ3v) is 5.65. The Balaban J connectivity index is 1.36. The number of halogens is 2. The van der Waals surface area contributed by atoms with E-state index in [1.165, 1.54) is 12.1 Å². The summed E-state index contributed by atoms with van der Waals surface area (Å²) in [7, 11) is 0. The van der Waals surface area contributed by atoms with Crippen molar-refractivity contribution in [2.24, 2.45) is 0 Å².